The number of rotatable bonds is 9. The van der Waals surface area contributed by atoms with Gasteiger partial charge in [0.05, 0.1) is 23.5 Å². The minimum absolute atomic E-state index is 0.366. The first-order chi connectivity index (χ1) is 15.2. The van der Waals surface area contributed by atoms with E-state index in [0.29, 0.717) is 29.1 Å². The molecule has 0 fully saturated rings. The van der Waals surface area contributed by atoms with Gasteiger partial charge in [0, 0.05) is 16.7 Å². The Hall–Kier alpha value is -3.29. The molecule has 31 heavy (non-hydrogen) atoms. The zero-order valence-corrected chi connectivity index (χ0v) is 18.3. The molecule has 0 spiro atoms. The van der Waals surface area contributed by atoms with Gasteiger partial charge in [-0.3, -0.25) is 5.43 Å². The summed E-state index contributed by atoms with van der Waals surface area (Å²) in [5, 5.41) is 5.61. The van der Waals surface area contributed by atoms with E-state index in [1.165, 1.54) is 11.3 Å². The minimum Gasteiger partial charge on any atom is -0.497 e. The lowest BCUT2D eigenvalue weighted by atomic mass is 10.2. The van der Waals surface area contributed by atoms with E-state index in [-0.39, 0.29) is 0 Å². The van der Waals surface area contributed by atoms with Crippen molar-refractivity contribution in [2.75, 3.05) is 25.7 Å². The second kappa shape index (κ2) is 10.1. The van der Waals surface area contributed by atoms with Crippen LogP contribution in [0, 0.1) is 0 Å². The maximum absolute atomic E-state index is 6.15. The van der Waals surface area contributed by atoms with E-state index in [9.17, 15) is 0 Å². The molecular formula is C23H20ClN3O3S. The molecule has 6 nitrogen and oxygen atoms in total. The van der Waals surface area contributed by atoms with E-state index in [1.807, 2.05) is 54.6 Å². The largest absolute Gasteiger partial charge is 0.497 e. The molecular weight excluding hydrogens is 434 g/mol. The molecule has 0 aliphatic rings. The van der Waals surface area contributed by atoms with Gasteiger partial charge in [-0.1, -0.05) is 41.1 Å². The van der Waals surface area contributed by atoms with Crippen LogP contribution in [0.5, 0.6) is 17.2 Å². The number of para-hydroxylation sites is 1. The molecule has 0 atom stereocenters. The first-order valence-electron chi connectivity index (χ1n) is 9.55. The van der Waals surface area contributed by atoms with Gasteiger partial charge in [0.15, 0.2) is 0 Å². The summed E-state index contributed by atoms with van der Waals surface area (Å²) in [5.41, 5.74) is 4.66. The number of hydrogen-bond acceptors (Lipinski definition) is 7. The second-order valence-corrected chi connectivity index (χ2v) is 7.88. The highest BCUT2D eigenvalue weighted by molar-refractivity contribution is 7.22. The average molecular weight is 454 g/mol. The van der Waals surface area contributed by atoms with Crippen molar-refractivity contribution in [3.63, 3.8) is 0 Å². The Morgan fingerprint density at radius 2 is 1.84 bits per heavy atom. The molecule has 4 rings (SSSR count). The molecule has 1 aromatic heterocycles. The Morgan fingerprint density at radius 1 is 1.00 bits per heavy atom. The third kappa shape index (κ3) is 5.65. The van der Waals surface area contributed by atoms with E-state index in [2.05, 4.69) is 15.5 Å². The topological polar surface area (TPSA) is 65.0 Å². The molecule has 8 heteroatoms. The van der Waals surface area contributed by atoms with Crippen LogP contribution in [0.25, 0.3) is 10.2 Å². The fraction of sp³-hybridized carbons (Fsp3) is 0.130. The second-order valence-electron chi connectivity index (χ2n) is 6.41. The number of aromatic nitrogens is 1. The SMILES string of the molecule is COc1cccc(OCCOc2ccc(Cl)cc2/C=N/Nc2nc3ccccc3s2)c1. The first-order valence-corrected chi connectivity index (χ1v) is 10.7. The summed E-state index contributed by atoms with van der Waals surface area (Å²) in [5.74, 6) is 2.13. The van der Waals surface area contributed by atoms with Gasteiger partial charge in [0.25, 0.3) is 0 Å². The van der Waals surface area contributed by atoms with Crippen molar-refractivity contribution in [1.29, 1.82) is 0 Å². The molecule has 0 amide bonds. The molecule has 4 aromatic rings. The molecule has 1 N–H and O–H groups in total. The third-order valence-electron chi connectivity index (χ3n) is 4.28. The summed E-state index contributed by atoms with van der Waals surface area (Å²) < 4.78 is 17.9. The fourth-order valence-electron chi connectivity index (χ4n) is 2.83. The van der Waals surface area contributed by atoms with Crippen molar-refractivity contribution in [2.45, 2.75) is 0 Å². The molecule has 0 bridgehead atoms. The predicted molar refractivity (Wildman–Crippen MR) is 126 cm³/mol. The maximum Gasteiger partial charge on any atom is 0.204 e. The quantitative estimate of drug-likeness (QED) is 0.195. The summed E-state index contributed by atoms with van der Waals surface area (Å²) in [6, 6.07) is 20.8. The van der Waals surface area contributed by atoms with E-state index in [0.717, 1.165) is 27.3 Å². The number of hydrazone groups is 1. The van der Waals surface area contributed by atoms with Crippen LogP contribution in [-0.4, -0.2) is 31.5 Å². The number of hydrogen-bond donors (Lipinski definition) is 1. The Labute approximate surface area is 189 Å². The van der Waals surface area contributed by atoms with Crippen LogP contribution in [0.2, 0.25) is 5.02 Å². The molecule has 0 unspecified atom stereocenters. The van der Waals surface area contributed by atoms with Crippen molar-refractivity contribution in [3.05, 3.63) is 77.3 Å². The van der Waals surface area contributed by atoms with Crippen LogP contribution in [0.3, 0.4) is 0 Å². The minimum atomic E-state index is 0.366. The van der Waals surface area contributed by atoms with Gasteiger partial charge < -0.3 is 14.2 Å². The van der Waals surface area contributed by atoms with Crippen molar-refractivity contribution < 1.29 is 14.2 Å². The molecule has 158 valence electrons. The summed E-state index contributed by atoms with van der Waals surface area (Å²) in [4.78, 5) is 4.50. The van der Waals surface area contributed by atoms with Crippen LogP contribution in [-0.2, 0) is 0 Å². The molecule has 0 saturated heterocycles. The Kier molecular flexibility index (Phi) is 6.86. The summed E-state index contributed by atoms with van der Waals surface area (Å²) in [6.45, 7) is 0.751. The molecule has 0 aliphatic carbocycles. The lowest BCUT2D eigenvalue weighted by Gasteiger charge is -2.11. The highest BCUT2D eigenvalue weighted by atomic mass is 35.5. The van der Waals surface area contributed by atoms with E-state index in [4.69, 9.17) is 25.8 Å². The standard InChI is InChI=1S/C23H20ClN3O3S/c1-28-18-5-4-6-19(14-18)29-11-12-30-21-10-9-17(24)13-16(21)15-25-27-23-26-20-7-2-3-8-22(20)31-23/h2-10,13-15H,11-12H2,1H3,(H,26,27)/b25-15+. The zero-order valence-electron chi connectivity index (χ0n) is 16.7. The van der Waals surface area contributed by atoms with Gasteiger partial charge in [0.2, 0.25) is 5.13 Å². The van der Waals surface area contributed by atoms with Gasteiger partial charge in [-0.05, 0) is 42.5 Å². The normalized spacial score (nSPS) is 11.0. The van der Waals surface area contributed by atoms with E-state index >= 15 is 0 Å². The van der Waals surface area contributed by atoms with Gasteiger partial charge in [-0.2, -0.15) is 5.10 Å². The van der Waals surface area contributed by atoms with Crippen molar-refractivity contribution in [2.24, 2.45) is 5.10 Å². The van der Waals surface area contributed by atoms with E-state index < -0.39 is 0 Å². The third-order valence-corrected chi connectivity index (χ3v) is 5.46. The summed E-state index contributed by atoms with van der Waals surface area (Å²) in [7, 11) is 1.62. The van der Waals surface area contributed by atoms with Gasteiger partial charge in [-0.15, -0.1) is 0 Å². The summed E-state index contributed by atoms with van der Waals surface area (Å²) >= 11 is 7.69. The number of fused-ring (bicyclic) bond motifs is 1. The predicted octanol–water partition coefficient (Wildman–Crippen LogP) is 5.86. The smallest absolute Gasteiger partial charge is 0.204 e. The van der Waals surface area contributed by atoms with Gasteiger partial charge in [-0.25, -0.2) is 4.98 Å². The number of benzene rings is 3. The number of thiazole rings is 1. The highest BCUT2D eigenvalue weighted by Crippen LogP contribution is 2.26. The molecule has 1 heterocycles. The molecule has 0 saturated carbocycles. The summed E-state index contributed by atoms with van der Waals surface area (Å²) in [6.07, 6.45) is 1.66. The lowest BCUT2D eigenvalue weighted by molar-refractivity contribution is 0.216. The number of methoxy groups -OCH3 is 1. The van der Waals surface area contributed by atoms with Crippen molar-refractivity contribution in [1.82, 2.24) is 4.98 Å². The van der Waals surface area contributed by atoms with Crippen LogP contribution >= 0.6 is 22.9 Å². The van der Waals surface area contributed by atoms with E-state index in [1.54, 1.807) is 25.5 Å². The Bertz CT molecular complexity index is 1160. The van der Waals surface area contributed by atoms with Crippen LogP contribution in [0.1, 0.15) is 5.56 Å². The number of nitrogens with zero attached hydrogens (tertiary/aromatic N) is 2. The van der Waals surface area contributed by atoms with Gasteiger partial charge in [0.1, 0.15) is 30.5 Å². The number of nitrogens with one attached hydrogen (secondary N) is 1. The first kappa shape index (κ1) is 21.0. The molecule has 0 aliphatic heterocycles. The molecule has 3 aromatic carbocycles. The Morgan fingerprint density at radius 3 is 2.71 bits per heavy atom. The number of halogens is 1. The fourth-order valence-corrected chi connectivity index (χ4v) is 3.83. The number of anilines is 1. The monoisotopic (exact) mass is 453 g/mol. The van der Waals surface area contributed by atoms with Crippen LogP contribution in [0.15, 0.2) is 71.8 Å². The van der Waals surface area contributed by atoms with Gasteiger partial charge >= 0.3 is 0 Å². The van der Waals surface area contributed by atoms with Crippen LogP contribution < -0.4 is 19.6 Å². The van der Waals surface area contributed by atoms with Crippen molar-refractivity contribution >= 4 is 44.5 Å². The average Bonchev–Trinajstić information content (AvgIpc) is 3.21. The maximum atomic E-state index is 6.15. The zero-order chi connectivity index (χ0) is 21.5. The molecule has 0 radical (unpaired) electrons. The lowest BCUT2D eigenvalue weighted by Crippen LogP contribution is -2.10. The van der Waals surface area contributed by atoms with Crippen molar-refractivity contribution in [3.8, 4) is 17.2 Å². The van der Waals surface area contributed by atoms with Crippen LogP contribution in [0.4, 0.5) is 5.13 Å². The number of ether oxygens (including phenoxy) is 3. The highest BCUT2D eigenvalue weighted by Gasteiger charge is 2.05. The Balaban J connectivity index is 1.35.